The van der Waals surface area contributed by atoms with E-state index in [2.05, 4.69) is 54.8 Å². The molecule has 7 atom stereocenters. The van der Waals surface area contributed by atoms with Gasteiger partial charge in [0.05, 0.1) is 0 Å². The molecule has 81 heavy (non-hydrogen) atoms. The zero-order valence-corrected chi connectivity index (χ0v) is 52.9. The van der Waals surface area contributed by atoms with Crippen molar-refractivity contribution in [2.75, 3.05) is 33.7 Å². The first kappa shape index (κ1) is 73.4. The van der Waals surface area contributed by atoms with Gasteiger partial charge in [-0.3, -0.25) is 47.9 Å². The molecular weight excluding hydrogens is 1030 g/mol. The summed E-state index contributed by atoms with van der Waals surface area (Å²) in [5.41, 5.74) is -4.65. The molecule has 1 fully saturated rings. The molecule has 9 N–H and O–H groups in total. The Bertz CT molecular complexity index is 2110. The highest BCUT2D eigenvalue weighted by Crippen LogP contribution is 2.21. The Morgan fingerprint density at radius 3 is 1.56 bits per heavy atom. The Labute approximate surface area is 486 Å². The fraction of sp³-hybridized carbons (Fsp3) is 0.800. The highest BCUT2D eigenvalue weighted by molar-refractivity contribution is 6.00. The van der Waals surface area contributed by atoms with Crippen molar-refractivity contribution < 1.29 is 47.9 Å². The summed E-state index contributed by atoms with van der Waals surface area (Å²) >= 11 is 0. The smallest absolute Gasteiger partial charge is 0.246 e. The van der Waals surface area contributed by atoms with E-state index < -0.39 is 94.1 Å². The lowest BCUT2D eigenvalue weighted by atomic mass is 9.96. The second-order valence-corrected chi connectivity index (χ2v) is 25.6. The van der Waals surface area contributed by atoms with E-state index in [9.17, 15) is 47.9 Å². The molecule has 0 saturated carbocycles. The predicted octanol–water partition coefficient (Wildman–Crippen LogP) is 4.66. The predicted molar refractivity (Wildman–Crippen MR) is 318 cm³/mol. The van der Waals surface area contributed by atoms with Crippen LogP contribution in [0.3, 0.4) is 0 Å². The standard InChI is InChI=1S/C60H109N11O10/c1-19-21-22-23-24-25-27-43(63-54(78)47-28-26-33-71(47)49(73)30-29-41(9)20-2)50(74)64-45(35-39(5)6)52(76)67-59(13,14)56(80)66-44(34-38(3)4)51(75)65-46(36-40(7)8)53(77)68-60(15,16)57(81)69-58(11,12)55(79)61-32-31-48(72)62-42(10)37-70(17)18/h29-30,38-47H,19-28,31-37H2,1-18H3,(H,61,79)(H,62,72)(H,63,78)(H,64,74)(H,65,75)(H,66,80)(H,67,76)(H,68,77)(H,69,81)/b30-29+/t41?,42?,43?,44?,45?,46?,47-/m0/s1. The molecule has 6 unspecified atom stereocenters. The molecule has 10 amide bonds. The van der Waals surface area contributed by atoms with Crippen LogP contribution in [0, 0.1) is 23.7 Å². The number of carbonyl (C=O) groups excluding carboxylic acids is 10. The Hall–Kier alpha value is -5.60. The molecule has 0 spiro atoms. The molecule has 464 valence electrons. The summed E-state index contributed by atoms with van der Waals surface area (Å²) in [4.78, 5) is 141. The lowest BCUT2D eigenvalue weighted by molar-refractivity contribution is -0.139. The van der Waals surface area contributed by atoms with Crippen molar-refractivity contribution >= 4 is 59.1 Å². The zero-order valence-electron chi connectivity index (χ0n) is 52.9. The SMILES string of the molecule is CCCCCCCCC(NC(=O)[C@@H]1CCCN1C(=O)/C=C/C(C)CC)C(=O)NC(CC(C)C)C(=O)NC(C)(C)C(=O)NC(CC(C)C)C(=O)NC(CC(C)C)C(=O)NC(C)(C)C(=O)NC(C)(C)C(=O)NCCC(=O)NC(C)CN(C)C. The van der Waals surface area contributed by atoms with Crippen molar-refractivity contribution in [3.8, 4) is 0 Å². The van der Waals surface area contributed by atoms with Crippen LogP contribution in [0.2, 0.25) is 0 Å². The number of allylic oxidation sites excluding steroid dienone is 1. The highest BCUT2D eigenvalue weighted by atomic mass is 16.2. The van der Waals surface area contributed by atoms with E-state index in [1.807, 2.05) is 87.4 Å². The Morgan fingerprint density at radius 2 is 1.05 bits per heavy atom. The molecule has 0 aromatic heterocycles. The summed E-state index contributed by atoms with van der Waals surface area (Å²) in [6.07, 6.45) is 11.9. The largest absolute Gasteiger partial charge is 0.354 e. The quantitative estimate of drug-likeness (QED) is 0.0305. The molecule has 1 saturated heterocycles. The van der Waals surface area contributed by atoms with E-state index in [0.717, 1.165) is 38.5 Å². The molecule has 21 heteroatoms. The fourth-order valence-corrected chi connectivity index (χ4v) is 9.29. The molecule has 0 aliphatic carbocycles. The summed E-state index contributed by atoms with van der Waals surface area (Å²) in [7, 11) is 3.80. The van der Waals surface area contributed by atoms with Gasteiger partial charge in [0, 0.05) is 32.1 Å². The summed E-state index contributed by atoms with van der Waals surface area (Å²) in [6.45, 7) is 29.3. The van der Waals surface area contributed by atoms with Crippen molar-refractivity contribution in [2.24, 2.45) is 23.7 Å². The van der Waals surface area contributed by atoms with Crippen LogP contribution in [0.4, 0.5) is 0 Å². The van der Waals surface area contributed by atoms with Crippen molar-refractivity contribution in [2.45, 2.75) is 254 Å². The van der Waals surface area contributed by atoms with Crippen LogP contribution >= 0.6 is 0 Å². The average Bonchev–Trinajstić information content (AvgIpc) is 3.85. The van der Waals surface area contributed by atoms with Gasteiger partial charge < -0.3 is 57.7 Å². The van der Waals surface area contributed by atoms with Gasteiger partial charge in [-0.1, -0.05) is 113 Å². The summed E-state index contributed by atoms with van der Waals surface area (Å²) in [5, 5.41) is 25.2. The summed E-state index contributed by atoms with van der Waals surface area (Å²) < 4.78 is 0. The maximum Gasteiger partial charge on any atom is 0.246 e. The summed E-state index contributed by atoms with van der Waals surface area (Å²) in [6, 6.07) is -5.28. The van der Waals surface area contributed by atoms with E-state index >= 15 is 0 Å². The van der Waals surface area contributed by atoms with Crippen LogP contribution in [-0.2, 0) is 47.9 Å². The zero-order chi connectivity index (χ0) is 62.0. The molecule has 0 aromatic rings. The molecule has 1 heterocycles. The second-order valence-electron chi connectivity index (χ2n) is 25.6. The first-order valence-corrected chi connectivity index (χ1v) is 30.0. The average molecular weight is 1140 g/mol. The number of nitrogens with one attached hydrogen (secondary N) is 9. The molecule has 1 aliphatic heterocycles. The summed E-state index contributed by atoms with van der Waals surface area (Å²) in [5.74, 6) is -5.53. The van der Waals surface area contributed by atoms with Crippen LogP contribution in [0.1, 0.15) is 201 Å². The minimum Gasteiger partial charge on any atom is -0.354 e. The van der Waals surface area contributed by atoms with Crippen LogP contribution in [0.5, 0.6) is 0 Å². The van der Waals surface area contributed by atoms with Crippen molar-refractivity contribution in [3.63, 3.8) is 0 Å². The molecule has 1 rings (SSSR count). The monoisotopic (exact) mass is 1140 g/mol. The maximum absolute atomic E-state index is 14.3. The first-order valence-electron chi connectivity index (χ1n) is 30.0. The van der Waals surface area contributed by atoms with Gasteiger partial charge in [-0.2, -0.15) is 0 Å². The lowest BCUT2D eigenvalue weighted by Crippen LogP contribution is -2.65. The number of unbranched alkanes of at least 4 members (excludes halogenated alkanes) is 5. The van der Waals surface area contributed by atoms with Crippen molar-refractivity contribution in [3.05, 3.63) is 12.2 Å². The van der Waals surface area contributed by atoms with E-state index in [1.165, 1.54) is 47.6 Å². The third-order valence-corrected chi connectivity index (χ3v) is 14.2. The molecule has 0 aromatic carbocycles. The lowest BCUT2D eigenvalue weighted by Gasteiger charge is -2.34. The first-order chi connectivity index (χ1) is 37.6. The number of hydrogen-bond acceptors (Lipinski definition) is 11. The molecule has 1 aliphatic rings. The Morgan fingerprint density at radius 1 is 0.568 bits per heavy atom. The van der Waals surface area contributed by atoms with E-state index in [0.29, 0.717) is 38.8 Å². The van der Waals surface area contributed by atoms with Gasteiger partial charge in [-0.05, 0) is 131 Å². The van der Waals surface area contributed by atoms with Crippen molar-refractivity contribution in [1.82, 2.24) is 57.7 Å². The van der Waals surface area contributed by atoms with Gasteiger partial charge in [0.25, 0.3) is 0 Å². The van der Waals surface area contributed by atoms with Crippen LogP contribution in [0.25, 0.3) is 0 Å². The third-order valence-electron chi connectivity index (χ3n) is 14.2. The topological polar surface area (TPSA) is 285 Å². The molecule has 0 bridgehead atoms. The number of nitrogens with zero attached hydrogens (tertiary/aromatic N) is 2. The van der Waals surface area contributed by atoms with Gasteiger partial charge in [0.2, 0.25) is 59.1 Å². The maximum atomic E-state index is 14.3. The van der Waals surface area contributed by atoms with Gasteiger partial charge in [-0.25, -0.2) is 0 Å². The fourth-order valence-electron chi connectivity index (χ4n) is 9.29. The number of hydrogen-bond donors (Lipinski definition) is 9. The number of amides is 10. The van der Waals surface area contributed by atoms with E-state index in [1.54, 1.807) is 4.90 Å². The molecule has 21 nitrogen and oxygen atoms in total. The van der Waals surface area contributed by atoms with Gasteiger partial charge in [0.1, 0.15) is 46.8 Å². The van der Waals surface area contributed by atoms with E-state index in [-0.39, 0.29) is 73.8 Å². The number of likely N-dealkylation sites (tertiary alicyclic amines) is 1. The minimum absolute atomic E-state index is 0.0300. The normalized spacial score (nSPS) is 16.3. The van der Waals surface area contributed by atoms with E-state index in [4.69, 9.17) is 0 Å². The van der Waals surface area contributed by atoms with Crippen LogP contribution in [0.15, 0.2) is 12.2 Å². The van der Waals surface area contributed by atoms with Gasteiger partial charge in [0.15, 0.2) is 0 Å². The second kappa shape index (κ2) is 35.4. The number of likely N-dealkylation sites (N-methyl/N-ethyl adjacent to an activating group) is 1. The Kier molecular flexibility index (Phi) is 32.1. The number of carbonyl (C=O) groups is 10. The third kappa shape index (κ3) is 27.8. The van der Waals surface area contributed by atoms with Crippen LogP contribution < -0.4 is 47.9 Å². The van der Waals surface area contributed by atoms with Crippen molar-refractivity contribution in [1.29, 1.82) is 0 Å². The Balaban J connectivity index is 3.27. The molecule has 0 radical (unpaired) electrons. The van der Waals surface area contributed by atoms with Gasteiger partial charge in [-0.15, -0.1) is 0 Å². The number of rotatable bonds is 37. The molecular formula is C60H109N11O10. The highest BCUT2D eigenvalue weighted by Gasteiger charge is 2.41. The minimum atomic E-state index is -1.63. The van der Waals surface area contributed by atoms with Crippen LogP contribution in [-0.4, -0.2) is 155 Å². The van der Waals surface area contributed by atoms with Gasteiger partial charge >= 0.3 is 0 Å².